The Morgan fingerprint density at radius 1 is 1.00 bits per heavy atom. The van der Waals surface area contributed by atoms with Crippen LogP contribution in [0.25, 0.3) is 0 Å². The number of allylic oxidation sites excluding steroid dienone is 1. The summed E-state index contributed by atoms with van der Waals surface area (Å²) in [5.74, 6) is 0. The number of ether oxygens (including phenoxy) is 2. The third-order valence-electron chi connectivity index (χ3n) is 3.96. The van der Waals surface area contributed by atoms with Gasteiger partial charge in [0, 0.05) is 0 Å². The molecule has 5 heteroatoms. The lowest BCUT2D eigenvalue weighted by Gasteiger charge is -2.35. The molecule has 0 aromatic carbocycles. The van der Waals surface area contributed by atoms with Crippen molar-refractivity contribution in [3.05, 3.63) is 12.2 Å². The van der Waals surface area contributed by atoms with E-state index in [-0.39, 0.29) is 13.2 Å². The maximum absolute atomic E-state index is 9.74. The van der Waals surface area contributed by atoms with Gasteiger partial charge >= 0.3 is 0 Å². The van der Waals surface area contributed by atoms with Gasteiger partial charge in [0.1, 0.15) is 24.4 Å². The number of aliphatic hydroxyl groups is 3. The maximum atomic E-state index is 9.74. The first-order valence-corrected chi connectivity index (χ1v) is 8.55. The average Bonchev–Trinajstić information content (AvgIpc) is 2.52. The third-order valence-corrected chi connectivity index (χ3v) is 3.96. The lowest BCUT2D eigenvalue weighted by molar-refractivity contribution is -0.199. The van der Waals surface area contributed by atoms with Gasteiger partial charge in [0.15, 0.2) is 0 Å². The summed E-state index contributed by atoms with van der Waals surface area (Å²) in [5.41, 5.74) is 0. The van der Waals surface area contributed by atoms with Crippen LogP contribution in [0.3, 0.4) is 0 Å². The number of unbranched alkanes of at least 4 members (excludes halogenated alkanes) is 5. The van der Waals surface area contributed by atoms with E-state index < -0.39 is 24.4 Å². The molecule has 1 fully saturated rings. The predicted molar refractivity (Wildman–Crippen MR) is 85.7 cm³/mol. The van der Waals surface area contributed by atoms with Crippen LogP contribution in [0.1, 0.15) is 51.9 Å². The van der Waals surface area contributed by atoms with Gasteiger partial charge in [0.05, 0.1) is 19.8 Å². The summed E-state index contributed by atoms with van der Waals surface area (Å²) in [5, 5.41) is 28.6. The third kappa shape index (κ3) is 7.70. The summed E-state index contributed by atoms with van der Waals surface area (Å²) in [7, 11) is 0. The van der Waals surface area contributed by atoms with Crippen LogP contribution >= 0.6 is 0 Å². The lowest BCUT2D eigenvalue weighted by Crippen LogP contribution is -2.54. The molecule has 0 saturated carbocycles. The van der Waals surface area contributed by atoms with Crippen LogP contribution < -0.4 is 0 Å². The van der Waals surface area contributed by atoms with Crippen molar-refractivity contribution in [3.8, 4) is 0 Å². The molecule has 0 unspecified atom stereocenters. The highest BCUT2D eigenvalue weighted by Gasteiger charge is 2.37. The van der Waals surface area contributed by atoms with E-state index in [9.17, 15) is 15.3 Å². The standard InChI is InChI=1S/C17H32O5/c1-2-3-4-5-6-7-8-9-10-11-21-13-15-17(20)16(19)14(18)12-22-15/h8-9,14-20H,2-7,10-13H2,1H3/b9-8+/t14-,15+,16+,17+/m1/s1. The van der Waals surface area contributed by atoms with Gasteiger partial charge in [0.25, 0.3) is 0 Å². The molecule has 0 spiro atoms. The van der Waals surface area contributed by atoms with Gasteiger partial charge < -0.3 is 24.8 Å². The van der Waals surface area contributed by atoms with Gasteiger partial charge in [-0.05, 0) is 19.3 Å². The molecule has 1 rings (SSSR count). The quantitative estimate of drug-likeness (QED) is 0.400. The molecule has 0 bridgehead atoms. The van der Waals surface area contributed by atoms with Crippen molar-refractivity contribution in [1.29, 1.82) is 0 Å². The van der Waals surface area contributed by atoms with E-state index in [1.54, 1.807) is 0 Å². The molecule has 0 radical (unpaired) electrons. The number of rotatable bonds is 11. The van der Waals surface area contributed by atoms with E-state index in [4.69, 9.17) is 9.47 Å². The van der Waals surface area contributed by atoms with Crippen molar-refractivity contribution >= 4 is 0 Å². The first-order chi connectivity index (χ1) is 10.7. The van der Waals surface area contributed by atoms with E-state index in [0.717, 1.165) is 12.8 Å². The molecule has 0 aromatic heterocycles. The molecule has 1 saturated heterocycles. The van der Waals surface area contributed by atoms with Crippen molar-refractivity contribution in [3.63, 3.8) is 0 Å². The van der Waals surface area contributed by atoms with Crippen molar-refractivity contribution < 1.29 is 24.8 Å². The largest absolute Gasteiger partial charge is 0.388 e. The molecule has 0 aliphatic carbocycles. The van der Waals surface area contributed by atoms with Crippen LogP contribution in [0.2, 0.25) is 0 Å². The maximum Gasteiger partial charge on any atom is 0.111 e. The molecule has 3 N–H and O–H groups in total. The smallest absolute Gasteiger partial charge is 0.111 e. The van der Waals surface area contributed by atoms with E-state index in [1.807, 2.05) is 0 Å². The van der Waals surface area contributed by atoms with Gasteiger partial charge in [-0.2, -0.15) is 0 Å². The molecular weight excluding hydrogens is 284 g/mol. The highest BCUT2D eigenvalue weighted by Crippen LogP contribution is 2.15. The van der Waals surface area contributed by atoms with Gasteiger partial charge in [-0.25, -0.2) is 0 Å². The zero-order valence-electron chi connectivity index (χ0n) is 13.7. The second-order valence-corrected chi connectivity index (χ2v) is 5.96. The summed E-state index contributed by atoms with van der Waals surface area (Å²) < 4.78 is 10.7. The number of hydrogen-bond donors (Lipinski definition) is 3. The summed E-state index contributed by atoms with van der Waals surface area (Å²) in [4.78, 5) is 0. The van der Waals surface area contributed by atoms with Crippen LogP contribution in [0.15, 0.2) is 12.2 Å². The monoisotopic (exact) mass is 316 g/mol. The van der Waals surface area contributed by atoms with Crippen LogP contribution in [0.5, 0.6) is 0 Å². The van der Waals surface area contributed by atoms with E-state index in [1.165, 1.54) is 32.1 Å². The number of aliphatic hydroxyl groups excluding tert-OH is 3. The van der Waals surface area contributed by atoms with Crippen molar-refractivity contribution in [2.45, 2.75) is 76.3 Å². The fraction of sp³-hybridized carbons (Fsp3) is 0.882. The fourth-order valence-corrected chi connectivity index (χ4v) is 2.47. The molecule has 1 aliphatic heterocycles. The Kier molecular flexibility index (Phi) is 10.7. The molecule has 5 nitrogen and oxygen atoms in total. The Balaban J connectivity index is 1.97. The Bertz CT molecular complexity index is 295. The first-order valence-electron chi connectivity index (χ1n) is 8.55. The van der Waals surface area contributed by atoms with Gasteiger partial charge in [-0.3, -0.25) is 0 Å². The molecule has 1 aliphatic rings. The van der Waals surface area contributed by atoms with E-state index in [2.05, 4.69) is 19.1 Å². The zero-order valence-corrected chi connectivity index (χ0v) is 13.7. The Hall–Kier alpha value is -0.460. The van der Waals surface area contributed by atoms with Crippen LogP contribution in [0.4, 0.5) is 0 Å². The SMILES string of the molecule is CCCCCCC/C=C/CCOC[C@@H]1OC[C@@H](O)[C@H](O)[C@H]1O. The minimum atomic E-state index is -1.16. The molecule has 130 valence electrons. The highest BCUT2D eigenvalue weighted by molar-refractivity contribution is 4.86. The summed E-state index contributed by atoms with van der Waals surface area (Å²) in [6.45, 7) is 3.05. The average molecular weight is 316 g/mol. The summed E-state index contributed by atoms with van der Waals surface area (Å²) >= 11 is 0. The molecular formula is C17H32O5. The van der Waals surface area contributed by atoms with E-state index >= 15 is 0 Å². The Morgan fingerprint density at radius 3 is 2.50 bits per heavy atom. The Labute approximate surface area is 133 Å². The van der Waals surface area contributed by atoms with E-state index in [0.29, 0.717) is 6.61 Å². The molecule has 0 amide bonds. The normalized spacial score (nSPS) is 29.3. The van der Waals surface area contributed by atoms with Gasteiger partial charge in [-0.1, -0.05) is 44.8 Å². The zero-order chi connectivity index (χ0) is 16.2. The molecule has 0 aromatic rings. The predicted octanol–water partition coefficient (Wildman–Crippen LogP) is 1.79. The molecule has 1 heterocycles. The minimum absolute atomic E-state index is 0.0319. The topological polar surface area (TPSA) is 79.2 Å². The van der Waals surface area contributed by atoms with Crippen LogP contribution in [-0.2, 0) is 9.47 Å². The fourth-order valence-electron chi connectivity index (χ4n) is 2.47. The second kappa shape index (κ2) is 12.0. The first kappa shape index (κ1) is 19.6. The van der Waals surface area contributed by atoms with Crippen molar-refractivity contribution in [2.75, 3.05) is 19.8 Å². The Morgan fingerprint density at radius 2 is 1.73 bits per heavy atom. The second-order valence-electron chi connectivity index (χ2n) is 5.96. The molecule has 22 heavy (non-hydrogen) atoms. The van der Waals surface area contributed by atoms with Gasteiger partial charge in [0.2, 0.25) is 0 Å². The van der Waals surface area contributed by atoms with Crippen molar-refractivity contribution in [1.82, 2.24) is 0 Å². The van der Waals surface area contributed by atoms with Crippen molar-refractivity contribution in [2.24, 2.45) is 0 Å². The van der Waals surface area contributed by atoms with Crippen LogP contribution in [-0.4, -0.2) is 59.6 Å². The summed E-state index contributed by atoms with van der Waals surface area (Å²) in [6.07, 6.45) is 8.93. The number of hydrogen-bond acceptors (Lipinski definition) is 5. The minimum Gasteiger partial charge on any atom is -0.388 e. The highest BCUT2D eigenvalue weighted by atomic mass is 16.6. The summed E-state index contributed by atoms with van der Waals surface area (Å²) in [6, 6.07) is 0. The molecule has 4 atom stereocenters. The van der Waals surface area contributed by atoms with Crippen LogP contribution in [0, 0.1) is 0 Å². The van der Waals surface area contributed by atoms with Gasteiger partial charge in [-0.15, -0.1) is 0 Å². The lowest BCUT2D eigenvalue weighted by atomic mass is 10.0.